The van der Waals surface area contributed by atoms with Crippen LogP contribution < -0.4 is 9.80 Å². The largest absolute Gasteiger partial charge is 0.439 e. The summed E-state index contributed by atoms with van der Waals surface area (Å²) in [6.07, 6.45) is -1.99. The normalized spacial score (nSPS) is 22.3. The molecule has 4 aromatic rings. The molecule has 0 N–H and O–H groups in total. The number of alkyl halides is 6. The van der Waals surface area contributed by atoms with Crippen molar-refractivity contribution < 1.29 is 59.7 Å². The molecule has 3 saturated heterocycles. The molecule has 3 aliphatic heterocycles. The molecule has 2 saturated carbocycles. The van der Waals surface area contributed by atoms with Crippen LogP contribution >= 0.6 is 0 Å². The maximum Gasteiger partial charge on any atom is 0.416 e. The number of cyclic esters (lactones) is 2. The van der Waals surface area contributed by atoms with Crippen molar-refractivity contribution in [2.24, 2.45) is 0 Å². The van der Waals surface area contributed by atoms with Crippen LogP contribution in [-0.2, 0) is 49.2 Å². The van der Waals surface area contributed by atoms with Crippen molar-refractivity contribution in [2.45, 2.75) is 174 Å². The van der Waals surface area contributed by atoms with Gasteiger partial charge in [-0.15, -0.1) is 0 Å². The number of benzene rings is 2. The van der Waals surface area contributed by atoms with Gasteiger partial charge in [0, 0.05) is 74.4 Å². The average molecular weight is 1050 g/mol. The van der Waals surface area contributed by atoms with Crippen LogP contribution in [0.25, 0.3) is 0 Å². The minimum Gasteiger partial charge on any atom is -0.439 e. The Bertz CT molecular complexity index is 2710. The topological polar surface area (TPSA) is 127 Å². The molecule has 4 atom stereocenters. The standard InChI is InChI=1S/C29H36F3N3O4.C27H32F3N3O3/c1-5-34(24-6-8-28(9-7-24)37-10-11-38-28)26-22(13-19(3)16-33-26)17-35-20(4)25(39-27(35)36)21-12-18(2)14-23(15-21)29(30,31)32;1-5-32(22-6-8-23(34)9-7-22)25-20(11-17(3)14-31-25)15-33-18(4)24(36-26(33)35)19-10-16(2)12-21(13-19)27(28,29)30/h12-16,20,24-25H,5-11,17H2,1-4H3;10-14,18,22,24H,5-9,15H2,1-4H3/t20-,25-;18-,24-/m00/s1. The Morgan fingerprint density at radius 3 is 1.37 bits per heavy atom. The second-order valence-electron chi connectivity index (χ2n) is 20.8. The zero-order valence-corrected chi connectivity index (χ0v) is 43.9. The highest BCUT2D eigenvalue weighted by molar-refractivity contribution is 5.79. The molecule has 0 bridgehead atoms. The van der Waals surface area contributed by atoms with Gasteiger partial charge >= 0.3 is 24.5 Å². The molecule has 9 rings (SSSR count). The Morgan fingerprint density at radius 2 is 0.987 bits per heavy atom. The lowest BCUT2D eigenvalue weighted by Gasteiger charge is -2.41. The fourth-order valence-electron chi connectivity index (χ4n) is 11.5. The number of carbonyl (C=O) groups is 3. The molecule has 2 amide bonds. The number of Topliss-reactive ketones (excluding diaryl/α,β-unsaturated/α-hetero) is 1. The third-order valence-electron chi connectivity index (χ3n) is 15.3. The van der Waals surface area contributed by atoms with Crippen LogP contribution in [0.3, 0.4) is 0 Å². The molecule has 75 heavy (non-hydrogen) atoms. The van der Waals surface area contributed by atoms with Crippen molar-refractivity contribution in [1.82, 2.24) is 19.8 Å². The van der Waals surface area contributed by atoms with Crippen LogP contribution in [0.15, 0.2) is 60.9 Å². The summed E-state index contributed by atoms with van der Waals surface area (Å²) in [5.41, 5.74) is 3.72. The Morgan fingerprint density at radius 1 is 0.587 bits per heavy atom. The van der Waals surface area contributed by atoms with Gasteiger partial charge in [-0.1, -0.05) is 23.3 Å². The van der Waals surface area contributed by atoms with E-state index in [1.165, 1.54) is 0 Å². The van der Waals surface area contributed by atoms with Crippen LogP contribution in [0, 0.1) is 27.7 Å². The van der Waals surface area contributed by atoms with Crippen molar-refractivity contribution in [1.29, 1.82) is 0 Å². The zero-order chi connectivity index (χ0) is 54.1. The van der Waals surface area contributed by atoms with E-state index in [0.29, 0.717) is 54.9 Å². The van der Waals surface area contributed by atoms with Gasteiger partial charge in [-0.05, 0) is 140 Å². The number of anilines is 2. The van der Waals surface area contributed by atoms with E-state index >= 15 is 0 Å². The second-order valence-corrected chi connectivity index (χ2v) is 20.8. The SMILES string of the molecule is CCN(c1ncc(C)cc1CN1C(=O)O[C@H](c2cc(C)cc(C(F)(F)F)c2)[C@@H]1C)C1CCC(=O)CC1.CCN(c1ncc(C)cc1CN1C(=O)O[C@H](c2cc(C)cc(C(F)(F)F)c2)[C@@H]1C)C1CCC2(CC1)OCCO2. The number of amides is 2. The number of halogens is 6. The number of nitrogens with zero attached hydrogens (tertiary/aromatic N) is 6. The molecular formula is C56H68F6N6O7. The van der Waals surface area contributed by atoms with Gasteiger partial charge in [0.05, 0.1) is 49.5 Å². The van der Waals surface area contributed by atoms with Crippen LogP contribution in [0.4, 0.5) is 47.6 Å². The molecule has 5 fully saturated rings. The van der Waals surface area contributed by atoms with Crippen molar-refractivity contribution in [3.8, 4) is 0 Å². The number of rotatable bonds is 12. The number of ether oxygens (including phenoxy) is 4. The Balaban J connectivity index is 0.000000200. The fraction of sp³-hybridized carbons (Fsp3) is 0.554. The lowest BCUT2D eigenvalue weighted by atomic mass is 9.88. The quantitative estimate of drug-likeness (QED) is 0.126. The summed E-state index contributed by atoms with van der Waals surface area (Å²) >= 11 is 0. The van der Waals surface area contributed by atoms with Crippen LogP contribution in [0.2, 0.25) is 0 Å². The summed E-state index contributed by atoms with van der Waals surface area (Å²) in [4.78, 5) is 54.8. The first-order valence-electron chi connectivity index (χ1n) is 26.0. The maximum atomic E-state index is 13.5. The molecule has 5 heterocycles. The van der Waals surface area contributed by atoms with Crippen LogP contribution in [-0.4, -0.2) is 94.0 Å². The highest BCUT2D eigenvalue weighted by Crippen LogP contribution is 2.43. The van der Waals surface area contributed by atoms with E-state index < -0.39 is 65.7 Å². The molecule has 2 aliphatic carbocycles. The highest BCUT2D eigenvalue weighted by atomic mass is 19.4. The third kappa shape index (κ3) is 12.3. The minimum absolute atomic E-state index is 0.186. The Labute approximate surface area is 434 Å². The number of hydrogen-bond donors (Lipinski definition) is 0. The van der Waals surface area contributed by atoms with Gasteiger partial charge < -0.3 is 28.7 Å². The van der Waals surface area contributed by atoms with E-state index in [2.05, 4.69) is 16.7 Å². The molecule has 5 aliphatic rings. The van der Waals surface area contributed by atoms with Crippen molar-refractivity contribution >= 4 is 29.6 Å². The fourth-order valence-corrected chi connectivity index (χ4v) is 11.5. The van der Waals surface area contributed by atoms with Crippen molar-refractivity contribution in [3.63, 3.8) is 0 Å². The molecule has 19 heteroatoms. The average Bonchev–Trinajstić information content (AvgIpc) is 4.02. The second kappa shape index (κ2) is 22.3. The molecule has 2 aromatic carbocycles. The van der Waals surface area contributed by atoms with Gasteiger partial charge in [0.25, 0.3) is 0 Å². The third-order valence-corrected chi connectivity index (χ3v) is 15.3. The first kappa shape index (κ1) is 55.3. The molecule has 2 aromatic heterocycles. The zero-order valence-electron chi connectivity index (χ0n) is 43.9. The van der Waals surface area contributed by atoms with Crippen LogP contribution in [0.1, 0.15) is 147 Å². The summed E-state index contributed by atoms with van der Waals surface area (Å²) in [7, 11) is 0. The van der Waals surface area contributed by atoms with Crippen molar-refractivity contribution in [2.75, 3.05) is 36.1 Å². The summed E-state index contributed by atoms with van der Waals surface area (Å²) in [6, 6.07) is 11.1. The number of aryl methyl sites for hydroxylation is 4. The van der Waals surface area contributed by atoms with Gasteiger partial charge in [-0.3, -0.25) is 14.6 Å². The maximum absolute atomic E-state index is 13.5. The summed E-state index contributed by atoms with van der Waals surface area (Å²) in [5, 5.41) is 0. The monoisotopic (exact) mass is 1050 g/mol. The minimum atomic E-state index is -4.48. The first-order chi connectivity index (χ1) is 35.5. The van der Waals surface area contributed by atoms with E-state index in [4.69, 9.17) is 28.9 Å². The summed E-state index contributed by atoms with van der Waals surface area (Å²) in [5.74, 6) is 1.41. The first-order valence-corrected chi connectivity index (χ1v) is 26.0. The van der Waals surface area contributed by atoms with Gasteiger partial charge in [0.15, 0.2) is 5.79 Å². The van der Waals surface area contributed by atoms with E-state index in [1.807, 2.05) is 46.0 Å². The van der Waals surface area contributed by atoms with Gasteiger partial charge in [-0.2, -0.15) is 26.3 Å². The van der Waals surface area contributed by atoms with E-state index in [1.54, 1.807) is 48.9 Å². The Hall–Kier alpha value is -5.95. The number of pyridine rings is 2. The summed E-state index contributed by atoms with van der Waals surface area (Å²) in [6.45, 7) is 18.0. The predicted molar refractivity (Wildman–Crippen MR) is 269 cm³/mol. The highest BCUT2D eigenvalue weighted by Gasteiger charge is 2.45. The van der Waals surface area contributed by atoms with E-state index in [0.717, 1.165) is 103 Å². The number of ketones is 1. The van der Waals surface area contributed by atoms with E-state index in [-0.39, 0.29) is 31.0 Å². The van der Waals surface area contributed by atoms with Crippen molar-refractivity contribution in [3.05, 3.63) is 117 Å². The number of aromatic nitrogens is 2. The molecular weight excluding hydrogens is 983 g/mol. The van der Waals surface area contributed by atoms with Gasteiger partial charge in [0.2, 0.25) is 0 Å². The Kier molecular flexibility index (Phi) is 16.5. The number of carbonyl (C=O) groups excluding carboxylic acids is 3. The molecule has 13 nitrogen and oxygen atoms in total. The smallest absolute Gasteiger partial charge is 0.416 e. The van der Waals surface area contributed by atoms with Crippen LogP contribution in [0.5, 0.6) is 0 Å². The van der Waals surface area contributed by atoms with E-state index in [9.17, 15) is 40.7 Å². The molecule has 0 unspecified atom stereocenters. The predicted octanol–water partition coefficient (Wildman–Crippen LogP) is 12.4. The molecule has 0 radical (unpaired) electrons. The van der Waals surface area contributed by atoms with Gasteiger partial charge in [-0.25, -0.2) is 19.6 Å². The molecule has 406 valence electrons. The van der Waals surface area contributed by atoms with Gasteiger partial charge in [0.1, 0.15) is 29.6 Å². The molecule has 1 spiro atoms. The summed E-state index contributed by atoms with van der Waals surface area (Å²) < 4.78 is 104. The lowest BCUT2D eigenvalue weighted by molar-refractivity contribution is -0.178. The number of hydrogen-bond acceptors (Lipinski definition) is 11. The lowest BCUT2D eigenvalue weighted by Crippen LogP contribution is -2.45.